The first-order valence-corrected chi connectivity index (χ1v) is 5.50. The van der Waals surface area contributed by atoms with Gasteiger partial charge in [-0.2, -0.15) is 0 Å². The Hall–Kier alpha value is -1.71. The van der Waals surface area contributed by atoms with Crippen molar-refractivity contribution in [2.75, 3.05) is 0 Å². The zero-order valence-corrected chi connectivity index (χ0v) is 10.1. The SMILES string of the molecule is N/C([Se])=N\N=C\c1cccc2cccnc12. The molecule has 0 fully saturated rings. The van der Waals surface area contributed by atoms with Crippen LogP contribution in [0.2, 0.25) is 0 Å². The first kappa shape index (κ1) is 10.8. The molecule has 1 aromatic carbocycles. The number of pyridine rings is 1. The van der Waals surface area contributed by atoms with Crippen molar-refractivity contribution in [3.05, 3.63) is 42.1 Å². The zero-order chi connectivity index (χ0) is 11.4. The number of nitrogens with two attached hydrogens (primary N) is 1. The van der Waals surface area contributed by atoms with Crippen LogP contribution in [-0.4, -0.2) is 31.9 Å². The second-order valence-corrected chi connectivity index (χ2v) is 3.98. The maximum atomic E-state index is 5.33. The number of nitrogens with zero attached hydrogens (tertiary/aromatic N) is 3. The van der Waals surface area contributed by atoms with Gasteiger partial charge in [-0.1, -0.05) is 0 Å². The Morgan fingerprint density at radius 1 is 1.31 bits per heavy atom. The van der Waals surface area contributed by atoms with Gasteiger partial charge in [0.05, 0.1) is 0 Å². The molecule has 16 heavy (non-hydrogen) atoms. The molecule has 0 amide bonds. The van der Waals surface area contributed by atoms with Gasteiger partial charge in [-0.05, 0) is 0 Å². The van der Waals surface area contributed by atoms with Crippen LogP contribution in [0.4, 0.5) is 0 Å². The molecule has 4 nitrogen and oxygen atoms in total. The molecule has 0 unspecified atom stereocenters. The predicted octanol–water partition coefficient (Wildman–Crippen LogP) is 1.05. The second kappa shape index (κ2) is 4.88. The average molecular weight is 276 g/mol. The first-order chi connectivity index (χ1) is 7.77. The fourth-order valence-electron chi connectivity index (χ4n) is 1.38. The topological polar surface area (TPSA) is 63.6 Å². The van der Waals surface area contributed by atoms with Gasteiger partial charge in [-0.15, -0.1) is 0 Å². The van der Waals surface area contributed by atoms with E-state index in [4.69, 9.17) is 5.73 Å². The predicted molar refractivity (Wildman–Crippen MR) is 66.7 cm³/mol. The molecule has 2 N–H and O–H groups in total. The summed E-state index contributed by atoms with van der Waals surface area (Å²) in [4.78, 5) is 4.30. The monoisotopic (exact) mass is 277 g/mol. The molecule has 0 atom stereocenters. The summed E-state index contributed by atoms with van der Waals surface area (Å²) in [5, 5.41) is 8.64. The molecule has 0 aliphatic rings. The van der Waals surface area contributed by atoms with Crippen molar-refractivity contribution >= 4 is 37.9 Å². The van der Waals surface area contributed by atoms with Crippen LogP contribution in [0.3, 0.4) is 0 Å². The molecule has 0 aliphatic heterocycles. The summed E-state index contributed by atoms with van der Waals surface area (Å²) < 4.78 is 0.310. The quantitative estimate of drug-likeness (QED) is 0.386. The van der Waals surface area contributed by atoms with Crippen molar-refractivity contribution < 1.29 is 0 Å². The van der Waals surface area contributed by atoms with Gasteiger partial charge in [0, 0.05) is 0 Å². The average Bonchev–Trinajstić information content (AvgIpc) is 2.29. The fourth-order valence-corrected chi connectivity index (χ4v) is 1.48. The number of amidine groups is 1. The molecule has 0 bridgehead atoms. The molecule has 0 aliphatic carbocycles. The Morgan fingerprint density at radius 3 is 2.94 bits per heavy atom. The van der Waals surface area contributed by atoms with Gasteiger partial charge < -0.3 is 0 Å². The number of hydrogen-bond donors (Lipinski definition) is 1. The van der Waals surface area contributed by atoms with Gasteiger partial charge >= 0.3 is 101 Å². The van der Waals surface area contributed by atoms with Crippen LogP contribution >= 0.6 is 0 Å². The summed E-state index contributed by atoms with van der Waals surface area (Å²) in [7, 11) is 0. The van der Waals surface area contributed by atoms with E-state index in [1.165, 1.54) is 0 Å². The molecular formula is C11H9N4Se. The summed E-state index contributed by atoms with van der Waals surface area (Å²) >= 11 is 2.56. The van der Waals surface area contributed by atoms with Gasteiger partial charge in [-0.3, -0.25) is 0 Å². The van der Waals surface area contributed by atoms with Crippen LogP contribution in [0.5, 0.6) is 0 Å². The zero-order valence-electron chi connectivity index (χ0n) is 8.37. The third-order valence-corrected chi connectivity index (χ3v) is 2.19. The fraction of sp³-hybridized carbons (Fsp3) is 0. The van der Waals surface area contributed by atoms with E-state index in [0.717, 1.165) is 16.5 Å². The molecule has 1 radical (unpaired) electrons. The summed E-state index contributed by atoms with van der Waals surface area (Å²) in [6.07, 6.45) is 3.39. The van der Waals surface area contributed by atoms with Gasteiger partial charge in [0.1, 0.15) is 0 Å². The van der Waals surface area contributed by atoms with E-state index in [2.05, 4.69) is 31.2 Å². The summed E-state index contributed by atoms with van der Waals surface area (Å²) in [5.74, 6) is 0. The number of fused-ring (bicyclic) bond motifs is 1. The standard InChI is InChI=1S/C11H9N4Se/c12-11(16)15-14-7-9-4-1-3-8-5-2-6-13-10(8)9/h1-7H,(H2,12,15)/b14-7+. The van der Waals surface area contributed by atoms with Crippen LogP contribution in [0, 0.1) is 0 Å². The Labute approximate surface area is 101 Å². The van der Waals surface area contributed by atoms with Crippen LogP contribution < -0.4 is 5.73 Å². The molecular weight excluding hydrogens is 267 g/mol. The number of benzene rings is 1. The van der Waals surface area contributed by atoms with Gasteiger partial charge in [0.25, 0.3) is 0 Å². The van der Waals surface area contributed by atoms with E-state index in [1.807, 2.05) is 30.3 Å². The van der Waals surface area contributed by atoms with Crippen molar-refractivity contribution in [3.8, 4) is 0 Å². The van der Waals surface area contributed by atoms with E-state index in [-0.39, 0.29) is 0 Å². The van der Waals surface area contributed by atoms with Crippen molar-refractivity contribution in [2.24, 2.45) is 15.9 Å². The summed E-state index contributed by atoms with van der Waals surface area (Å²) in [6.45, 7) is 0. The van der Waals surface area contributed by atoms with Crippen molar-refractivity contribution in [2.45, 2.75) is 0 Å². The molecule has 1 aromatic heterocycles. The van der Waals surface area contributed by atoms with Crippen molar-refractivity contribution in [1.29, 1.82) is 0 Å². The summed E-state index contributed by atoms with van der Waals surface area (Å²) in [5.41, 5.74) is 7.16. The van der Waals surface area contributed by atoms with E-state index < -0.39 is 0 Å². The molecule has 79 valence electrons. The second-order valence-electron chi connectivity index (χ2n) is 3.11. The number of para-hydroxylation sites is 1. The molecule has 0 spiro atoms. The van der Waals surface area contributed by atoms with Gasteiger partial charge in [0.15, 0.2) is 0 Å². The molecule has 2 rings (SSSR count). The normalized spacial score (nSPS) is 12.4. The number of hydrogen-bond acceptors (Lipinski definition) is 3. The van der Waals surface area contributed by atoms with Crippen LogP contribution in [0.1, 0.15) is 5.56 Å². The minimum atomic E-state index is 0.310. The maximum absolute atomic E-state index is 5.33. The number of rotatable bonds is 2. The molecule has 0 saturated heterocycles. The van der Waals surface area contributed by atoms with Crippen LogP contribution in [0.15, 0.2) is 46.7 Å². The Bertz CT molecular complexity index is 553. The van der Waals surface area contributed by atoms with E-state index >= 15 is 0 Å². The molecule has 0 saturated carbocycles. The van der Waals surface area contributed by atoms with Crippen molar-refractivity contribution in [3.63, 3.8) is 0 Å². The van der Waals surface area contributed by atoms with Crippen LogP contribution in [0.25, 0.3) is 10.9 Å². The third-order valence-electron chi connectivity index (χ3n) is 2.02. The molecule has 2 aromatic rings. The Balaban J connectivity index is 2.45. The number of aromatic nitrogens is 1. The summed E-state index contributed by atoms with van der Waals surface area (Å²) in [6, 6.07) is 9.80. The Kier molecular flexibility index (Phi) is 3.29. The Morgan fingerprint density at radius 2 is 2.12 bits per heavy atom. The van der Waals surface area contributed by atoms with E-state index in [9.17, 15) is 0 Å². The van der Waals surface area contributed by atoms with Crippen LogP contribution in [-0.2, 0) is 0 Å². The van der Waals surface area contributed by atoms with Gasteiger partial charge in [0.2, 0.25) is 0 Å². The molecule has 5 heteroatoms. The van der Waals surface area contributed by atoms with E-state index in [0.29, 0.717) is 4.73 Å². The molecule has 1 heterocycles. The minimum absolute atomic E-state index is 0.310. The van der Waals surface area contributed by atoms with E-state index in [1.54, 1.807) is 12.4 Å². The third kappa shape index (κ3) is 2.45. The van der Waals surface area contributed by atoms with Crippen molar-refractivity contribution in [1.82, 2.24) is 4.98 Å². The first-order valence-electron chi connectivity index (χ1n) is 4.64. The van der Waals surface area contributed by atoms with Gasteiger partial charge in [-0.25, -0.2) is 0 Å².